The first kappa shape index (κ1) is 21.0. The van der Waals surface area contributed by atoms with E-state index in [1.165, 1.54) is 4.31 Å². The van der Waals surface area contributed by atoms with Gasteiger partial charge in [0.25, 0.3) is 0 Å². The summed E-state index contributed by atoms with van der Waals surface area (Å²) in [5.74, 6) is -0.148. The summed E-state index contributed by atoms with van der Waals surface area (Å²) in [6.45, 7) is 6.23. The molecule has 2 atom stereocenters. The van der Waals surface area contributed by atoms with Gasteiger partial charge in [-0.1, -0.05) is 61.9 Å². The maximum atomic E-state index is 12.8. The van der Waals surface area contributed by atoms with Crippen LogP contribution in [0, 0.1) is 6.92 Å². The summed E-state index contributed by atoms with van der Waals surface area (Å²) < 4.78 is 26.1. The van der Waals surface area contributed by atoms with Crippen LogP contribution >= 0.6 is 0 Å². The average molecular weight is 389 g/mol. The lowest BCUT2D eigenvalue weighted by atomic mass is 10.0. The van der Waals surface area contributed by atoms with E-state index < -0.39 is 16.1 Å². The van der Waals surface area contributed by atoms with Crippen LogP contribution in [0.5, 0.6) is 0 Å². The number of aryl methyl sites for hydroxylation is 1. The second kappa shape index (κ2) is 9.04. The van der Waals surface area contributed by atoms with E-state index in [2.05, 4.69) is 5.32 Å². The number of benzene rings is 2. The Kier molecular flexibility index (Phi) is 7.02. The Morgan fingerprint density at radius 1 is 1.07 bits per heavy atom. The minimum absolute atomic E-state index is 0.138. The summed E-state index contributed by atoms with van der Waals surface area (Å²) in [4.78, 5) is 12.8. The Bertz CT molecular complexity index is 849. The van der Waals surface area contributed by atoms with Crippen molar-refractivity contribution in [3.8, 4) is 0 Å². The number of hydrogen-bond acceptors (Lipinski definition) is 3. The van der Waals surface area contributed by atoms with E-state index in [4.69, 9.17) is 0 Å². The molecule has 0 fully saturated rings. The lowest BCUT2D eigenvalue weighted by Gasteiger charge is -2.30. The largest absolute Gasteiger partial charge is 0.354 e. The average Bonchev–Trinajstić information content (AvgIpc) is 2.64. The number of amides is 1. The topological polar surface area (TPSA) is 66.5 Å². The van der Waals surface area contributed by atoms with Crippen molar-refractivity contribution in [1.82, 2.24) is 5.32 Å². The van der Waals surface area contributed by atoms with Gasteiger partial charge in [0.15, 0.2) is 0 Å². The number of rotatable bonds is 8. The zero-order valence-electron chi connectivity index (χ0n) is 16.3. The van der Waals surface area contributed by atoms with Crippen LogP contribution in [0.3, 0.4) is 0 Å². The fraction of sp³-hybridized carbons (Fsp3) is 0.381. The number of nitrogens with zero attached hydrogens (tertiary/aromatic N) is 1. The van der Waals surface area contributed by atoms with Crippen LogP contribution in [0.25, 0.3) is 0 Å². The molecule has 0 aliphatic rings. The Balaban J connectivity index is 2.18. The van der Waals surface area contributed by atoms with Crippen molar-refractivity contribution in [1.29, 1.82) is 0 Å². The first-order valence-electron chi connectivity index (χ1n) is 9.12. The third kappa shape index (κ3) is 5.57. The van der Waals surface area contributed by atoms with Gasteiger partial charge in [0.05, 0.1) is 11.9 Å². The van der Waals surface area contributed by atoms with Gasteiger partial charge >= 0.3 is 0 Å². The highest BCUT2D eigenvalue weighted by Crippen LogP contribution is 2.23. The van der Waals surface area contributed by atoms with Crippen molar-refractivity contribution in [3.63, 3.8) is 0 Å². The second-order valence-electron chi connectivity index (χ2n) is 6.88. The summed E-state index contributed by atoms with van der Waals surface area (Å²) in [6, 6.07) is 16.3. The molecule has 0 bridgehead atoms. The molecule has 6 heteroatoms. The molecule has 0 spiro atoms. The molecule has 5 nitrogen and oxygen atoms in total. The normalized spacial score (nSPS) is 13.6. The Hall–Kier alpha value is -2.34. The highest BCUT2D eigenvalue weighted by Gasteiger charge is 2.31. The van der Waals surface area contributed by atoms with Crippen molar-refractivity contribution in [2.75, 3.05) is 17.1 Å². The highest BCUT2D eigenvalue weighted by atomic mass is 32.2. The van der Waals surface area contributed by atoms with Gasteiger partial charge < -0.3 is 5.32 Å². The third-order valence-corrected chi connectivity index (χ3v) is 5.75. The van der Waals surface area contributed by atoms with Crippen LogP contribution in [0.2, 0.25) is 0 Å². The first-order chi connectivity index (χ1) is 12.7. The quantitative estimate of drug-likeness (QED) is 0.753. The third-order valence-electron chi connectivity index (χ3n) is 4.57. The molecule has 0 aromatic heterocycles. The van der Waals surface area contributed by atoms with E-state index in [1.807, 2.05) is 63.2 Å². The smallest absolute Gasteiger partial charge is 0.243 e. The van der Waals surface area contributed by atoms with Crippen LogP contribution in [-0.2, 0) is 14.8 Å². The second-order valence-corrected chi connectivity index (χ2v) is 8.73. The van der Waals surface area contributed by atoms with Gasteiger partial charge in [-0.3, -0.25) is 9.10 Å². The van der Waals surface area contributed by atoms with Crippen LogP contribution in [-0.4, -0.2) is 33.2 Å². The molecule has 0 heterocycles. The molecule has 2 aromatic rings. The number of carbonyl (C=O) groups excluding carboxylic acids is 1. The Labute approximate surface area is 162 Å². The van der Waals surface area contributed by atoms with Crippen LogP contribution < -0.4 is 9.62 Å². The van der Waals surface area contributed by atoms with E-state index in [0.29, 0.717) is 18.7 Å². The standard InChI is InChI=1S/C21H28N2O3S/c1-5-20(21(24)22-15-17(3)18-9-7-6-8-10-18)23(27(4,25)26)19-13-11-16(2)12-14-19/h6-14,17,20H,5,15H2,1-4H3,(H,22,24)/t17-,20-/m0/s1. The van der Waals surface area contributed by atoms with Gasteiger partial charge in [0, 0.05) is 6.54 Å². The minimum atomic E-state index is -3.61. The van der Waals surface area contributed by atoms with Gasteiger partial charge in [0.1, 0.15) is 6.04 Å². The maximum absolute atomic E-state index is 12.8. The molecule has 1 amide bonds. The molecule has 146 valence electrons. The lowest BCUT2D eigenvalue weighted by molar-refractivity contribution is -0.122. The molecular formula is C21H28N2O3S. The summed E-state index contributed by atoms with van der Waals surface area (Å²) >= 11 is 0. The van der Waals surface area contributed by atoms with Gasteiger partial charge in [-0.15, -0.1) is 0 Å². The van der Waals surface area contributed by atoms with Gasteiger partial charge in [-0.2, -0.15) is 0 Å². The van der Waals surface area contributed by atoms with Gasteiger partial charge in [-0.05, 0) is 37.0 Å². The van der Waals surface area contributed by atoms with Crippen molar-refractivity contribution in [2.45, 2.75) is 39.2 Å². The fourth-order valence-corrected chi connectivity index (χ4v) is 4.23. The maximum Gasteiger partial charge on any atom is 0.243 e. The summed E-state index contributed by atoms with van der Waals surface area (Å²) in [6.07, 6.45) is 1.52. The van der Waals surface area contributed by atoms with E-state index >= 15 is 0 Å². The van der Waals surface area contributed by atoms with E-state index in [1.54, 1.807) is 12.1 Å². The first-order valence-corrected chi connectivity index (χ1v) is 11.0. The van der Waals surface area contributed by atoms with Crippen molar-refractivity contribution in [2.24, 2.45) is 0 Å². The van der Waals surface area contributed by atoms with E-state index in [0.717, 1.165) is 17.4 Å². The molecule has 0 aliphatic heterocycles. The predicted molar refractivity (Wildman–Crippen MR) is 110 cm³/mol. The molecular weight excluding hydrogens is 360 g/mol. The zero-order valence-corrected chi connectivity index (χ0v) is 17.2. The molecule has 0 aliphatic carbocycles. The number of hydrogen-bond donors (Lipinski definition) is 1. The Morgan fingerprint density at radius 2 is 1.67 bits per heavy atom. The van der Waals surface area contributed by atoms with Crippen LogP contribution in [0.4, 0.5) is 5.69 Å². The van der Waals surface area contributed by atoms with Crippen LogP contribution in [0.15, 0.2) is 54.6 Å². The van der Waals surface area contributed by atoms with E-state index in [-0.39, 0.29) is 11.8 Å². The number of carbonyl (C=O) groups is 1. The number of anilines is 1. The zero-order chi connectivity index (χ0) is 20.0. The summed E-state index contributed by atoms with van der Waals surface area (Å²) in [5.41, 5.74) is 2.66. The SMILES string of the molecule is CC[C@@H](C(=O)NC[C@H](C)c1ccccc1)N(c1ccc(C)cc1)S(C)(=O)=O. The molecule has 0 radical (unpaired) electrons. The van der Waals surface area contributed by atoms with E-state index in [9.17, 15) is 13.2 Å². The molecule has 2 aromatic carbocycles. The molecule has 2 rings (SSSR count). The molecule has 0 unspecified atom stereocenters. The monoisotopic (exact) mass is 388 g/mol. The number of sulfonamides is 1. The summed E-state index contributed by atoms with van der Waals surface area (Å²) in [7, 11) is -3.61. The van der Waals surface area contributed by atoms with Gasteiger partial charge in [-0.25, -0.2) is 8.42 Å². The molecule has 0 saturated heterocycles. The lowest BCUT2D eigenvalue weighted by Crippen LogP contribution is -2.49. The van der Waals surface area contributed by atoms with Crippen molar-refractivity contribution < 1.29 is 13.2 Å². The molecule has 0 saturated carbocycles. The highest BCUT2D eigenvalue weighted by molar-refractivity contribution is 7.92. The predicted octanol–water partition coefficient (Wildman–Crippen LogP) is 3.46. The summed E-state index contributed by atoms with van der Waals surface area (Å²) in [5, 5.41) is 2.92. The Morgan fingerprint density at radius 3 is 2.19 bits per heavy atom. The molecule has 1 N–H and O–H groups in total. The molecule has 27 heavy (non-hydrogen) atoms. The fourth-order valence-electron chi connectivity index (χ4n) is 3.02. The number of nitrogens with one attached hydrogen (secondary N) is 1. The van der Waals surface area contributed by atoms with Crippen LogP contribution in [0.1, 0.15) is 37.3 Å². The van der Waals surface area contributed by atoms with Crippen molar-refractivity contribution >= 4 is 21.6 Å². The van der Waals surface area contributed by atoms with Crippen molar-refractivity contribution in [3.05, 3.63) is 65.7 Å². The minimum Gasteiger partial charge on any atom is -0.354 e. The van der Waals surface area contributed by atoms with Gasteiger partial charge in [0.2, 0.25) is 15.9 Å².